The molecule has 0 radical (unpaired) electrons. The summed E-state index contributed by atoms with van der Waals surface area (Å²) in [7, 11) is 1.68. The SMILES string of the molecule is CCN(CC(=O)O)C1CC(NC(C)CCc2ccc(OC)cc2)C1. The molecule has 1 atom stereocenters. The van der Waals surface area contributed by atoms with Crippen molar-refractivity contribution in [2.45, 2.75) is 57.7 Å². The molecular formula is C19H30N2O3. The normalized spacial score (nSPS) is 21.3. The van der Waals surface area contributed by atoms with Gasteiger partial charge in [0, 0.05) is 18.1 Å². The average Bonchev–Trinajstić information content (AvgIpc) is 2.54. The topological polar surface area (TPSA) is 61.8 Å². The van der Waals surface area contributed by atoms with Crippen LogP contribution in [0.15, 0.2) is 24.3 Å². The molecule has 1 aliphatic rings. The highest BCUT2D eigenvalue weighted by Crippen LogP contribution is 2.26. The lowest BCUT2D eigenvalue weighted by Gasteiger charge is -2.43. The van der Waals surface area contributed by atoms with E-state index >= 15 is 0 Å². The van der Waals surface area contributed by atoms with Gasteiger partial charge in [-0.05, 0) is 56.8 Å². The minimum atomic E-state index is -0.735. The molecule has 0 heterocycles. The van der Waals surface area contributed by atoms with E-state index in [1.807, 2.05) is 19.1 Å². The Hall–Kier alpha value is -1.59. The molecule has 1 aromatic rings. The van der Waals surface area contributed by atoms with Crippen LogP contribution in [-0.4, -0.2) is 54.3 Å². The Morgan fingerprint density at radius 1 is 1.38 bits per heavy atom. The molecule has 0 aliphatic heterocycles. The molecule has 1 fully saturated rings. The third-order valence-corrected chi connectivity index (χ3v) is 4.92. The van der Waals surface area contributed by atoms with E-state index in [9.17, 15) is 4.79 Å². The van der Waals surface area contributed by atoms with Crippen molar-refractivity contribution in [1.82, 2.24) is 10.2 Å². The van der Waals surface area contributed by atoms with Crippen molar-refractivity contribution < 1.29 is 14.6 Å². The Morgan fingerprint density at radius 2 is 2.04 bits per heavy atom. The van der Waals surface area contributed by atoms with Crippen LogP contribution in [0.2, 0.25) is 0 Å². The highest BCUT2D eigenvalue weighted by atomic mass is 16.5. The second-order valence-electron chi connectivity index (χ2n) is 6.73. The lowest BCUT2D eigenvalue weighted by molar-refractivity contribution is -0.139. The second kappa shape index (κ2) is 9.04. The van der Waals surface area contributed by atoms with Gasteiger partial charge in [-0.1, -0.05) is 19.1 Å². The molecule has 2 N–H and O–H groups in total. The average molecular weight is 334 g/mol. The summed E-state index contributed by atoms with van der Waals surface area (Å²) in [5.74, 6) is 0.161. The molecule has 1 aliphatic carbocycles. The molecule has 1 saturated carbocycles. The van der Waals surface area contributed by atoms with Crippen molar-refractivity contribution in [2.24, 2.45) is 0 Å². The Kier molecular flexibility index (Phi) is 7.06. The Morgan fingerprint density at radius 3 is 2.58 bits per heavy atom. The van der Waals surface area contributed by atoms with Crippen LogP contribution in [0.4, 0.5) is 0 Å². The monoisotopic (exact) mass is 334 g/mol. The quantitative estimate of drug-likeness (QED) is 0.688. The summed E-state index contributed by atoms with van der Waals surface area (Å²) in [5.41, 5.74) is 1.33. The number of hydrogen-bond donors (Lipinski definition) is 2. The lowest BCUT2D eigenvalue weighted by atomic mass is 9.84. The molecule has 1 unspecified atom stereocenters. The minimum absolute atomic E-state index is 0.154. The second-order valence-corrected chi connectivity index (χ2v) is 6.73. The number of methoxy groups -OCH3 is 1. The van der Waals surface area contributed by atoms with Gasteiger partial charge < -0.3 is 15.2 Å². The van der Waals surface area contributed by atoms with Crippen molar-refractivity contribution in [1.29, 1.82) is 0 Å². The van der Waals surface area contributed by atoms with Gasteiger partial charge in [0.15, 0.2) is 0 Å². The summed E-state index contributed by atoms with van der Waals surface area (Å²) in [6, 6.07) is 9.65. The van der Waals surface area contributed by atoms with Crippen molar-refractivity contribution >= 4 is 5.97 Å². The number of likely N-dealkylation sites (N-methyl/N-ethyl adjacent to an activating group) is 1. The maximum Gasteiger partial charge on any atom is 0.317 e. The number of carbonyl (C=O) groups is 1. The molecule has 0 aromatic heterocycles. The van der Waals surface area contributed by atoms with Crippen molar-refractivity contribution in [3.8, 4) is 5.75 Å². The lowest BCUT2D eigenvalue weighted by Crippen LogP contribution is -2.55. The number of rotatable bonds is 10. The minimum Gasteiger partial charge on any atom is -0.497 e. The van der Waals surface area contributed by atoms with E-state index in [1.165, 1.54) is 5.56 Å². The number of hydrogen-bond acceptors (Lipinski definition) is 4. The van der Waals surface area contributed by atoms with E-state index in [2.05, 4.69) is 29.3 Å². The van der Waals surface area contributed by atoms with Gasteiger partial charge in [0.25, 0.3) is 0 Å². The van der Waals surface area contributed by atoms with Gasteiger partial charge in [0.2, 0.25) is 0 Å². The van der Waals surface area contributed by atoms with Gasteiger partial charge in [-0.15, -0.1) is 0 Å². The molecule has 5 nitrogen and oxygen atoms in total. The largest absolute Gasteiger partial charge is 0.497 e. The third kappa shape index (κ3) is 5.49. The molecule has 0 bridgehead atoms. The van der Waals surface area contributed by atoms with Crippen LogP contribution in [0, 0.1) is 0 Å². The fourth-order valence-corrected chi connectivity index (χ4v) is 3.36. The number of benzene rings is 1. The maximum atomic E-state index is 10.9. The van der Waals surface area contributed by atoms with Crippen LogP contribution in [0.3, 0.4) is 0 Å². The molecule has 0 amide bonds. The number of nitrogens with one attached hydrogen (secondary N) is 1. The number of aliphatic carboxylic acids is 1. The van der Waals surface area contributed by atoms with Crippen molar-refractivity contribution in [2.75, 3.05) is 20.2 Å². The van der Waals surface area contributed by atoms with E-state index < -0.39 is 5.97 Å². The van der Waals surface area contributed by atoms with Gasteiger partial charge in [0.1, 0.15) is 5.75 Å². The number of aryl methyl sites for hydroxylation is 1. The van der Waals surface area contributed by atoms with E-state index in [1.54, 1.807) is 7.11 Å². The van der Waals surface area contributed by atoms with Crippen LogP contribution >= 0.6 is 0 Å². The first-order valence-corrected chi connectivity index (χ1v) is 8.86. The van der Waals surface area contributed by atoms with Crippen LogP contribution in [-0.2, 0) is 11.2 Å². The van der Waals surface area contributed by atoms with Crippen LogP contribution < -0.4 is 10.1 Å². The molecule has 1 aromatic carbocycles. The molecule has 0 saturated heterocycles. The van der Waals surface area contributed by atoms with Gasteiger partial charge in [-0.25, -0.2) is 0 Å². The summed E-state index contributed by atoms with van der Waals surface area (Å²) in [5, 5.41) is 12.6. The van der Waals surface area contributed by atoms with Gasteiger partial charge in [-0.2, -0.15) is 0 Å². The number of carboxylic acid groups (broad SMARTS) is 1. The first kappa shape index (κ1) is 18.7. The zero-order chi connectivity index (χ0) is 17.5. The molecular weight excluding hydrogens is 304 g/mol. The first-order valence-electron chi connectivity index (χ1n) is 8.86. The van der Waals surface area contributed by atoms with Crippen LogP contribution in [0.1, 0.15) is 38.7 Å². The summed E-state index contributed by atoms with van der Waals surface area (Å²) >= 11 is 0. The molecule has 24 heavy (non-hydrogen) atoms. The van der Waals surface area contributed by atoms with E-state index in [0.29, 0.717) is 18.1 Å². The predicted octanol–water partition coefficient (Wildman–Crippen LogP) is 2.54. The number of ether oxygens (including phenoxy) is 1. The number of nitrogens with zero attached hydrogens (tertiary/aromatic N) is 1. The summed E-state index contributed by atoms with van der Waals surface area (Å²) < 4.78 is 5.18. The molecule has 2 rings (SSSR count). The van der Waals surface area contributed by atoms with Gasteiger partial charge in [0.05, 0.1) is 13.7 Å². The molecule has 134 valence electrons. The van der Waals surface area contributed by atoms with E-state index in [-0.39, 0.29) is 6.54 Å². The van der Waals surface area contributed by atoms with E-state index in [0.717, 1.165) is 38.0 Å². The zero-order valence-electron chi connectivity index (χ0n) is 15.0. The van der Waals surface area contributed by atoms with Crippen molar-refractivity contribution in [3.05, 3.63) is 29.8 Å². The van der Waals surface area contributed by atoms with Crippen molar-refractivity contribution in [3.63, 3.8) is 0 Å². The van der Waals surface area contributed by atoms with Crippen LogP contribution in [0.5, 0.6) is 5.75 Å². The molecule has 0 spiro atoms. The molecule has 5 heteroatoms. The third-order valence-electron chi connectivity index (χ3n) is 4.92. The highest BCUT2D eigenvalue weighted by molar-refractivity contribution is 5.69. The van der Waals surface area contributed by atoms with Gasteiger partial charge >= 0.3 is 5.97 Å². The Labute approximate surface area is 145 Å². The summed E-state index contributed by atoms with van der Waals surface area (Å²) in [6.45, 7) is 5.21. The highest BCUT2D eigenvalue weighted by Gasteiger charge is 2.34. The van der Waals surface area contributed by atoms with Gasteiger partial charge in [-0.3, -0.25) is 9.69 Å². The summed E-state index contributed by atoms with van der Waals surface area (Å²) in [6.07, 6.45) is 4.25. The Bertz CT molecular complexity index is 512. The Balaban J connectivity index is 1.66. The zero-order valence-corrected chi connectivity index (χ0v) is 15.0. The fraction of sp³-hybridized carbons (Fsp3) is 0.632. The number of carboxylic acids is 1. The standard InChI is InChI=1S/C19H30N2O3/c1-4-21(13-19(22)23)17-11-16(12-17)20-14(2)5-6-15-7-9-18(24-3)10-8-15/h7-10,14,16-17,20H,4-6,11-13H2,1-3H3,(H,22,23). The maximum absolute atomic E-state index is 10.9. The first-order chi connectivity index (χ1) is 11.5. The fourth-order valence-electron chi connectivity index (χ4n) is 3.36. The van der Waals surface area contributed by atoms with E-state index in [4.69, 9.17) is 9.84 Å². The van der Waals surface area contributed by atoms with Crippen LogP contribution in [0.25, 0.3) is 0 Å². The predicted molar refractivity (Wildman–Crippen MR) is 95.6 cm³/mol. The summed E-state index contributed by atoms with van der Waals surface area (Å²) in [4.78, 5) is 12.9. The smallest absolute Gasteiger partial charge is 0.317 e.